The van der Waals surface area contributed by atoms with Gasteiger partial charge in [-0.1, -0.05) is 23.7 Å². The van der Waals surface area contributed by atoms with Crippen molar-refractivity contribution in [3.05, 3.63) is 83.1 Å². The van der Waals surface area contributed by atoms with Crippen molar-refractivity contribution in [1.29, 1.82) is 0 Å². The Kier molecular flexibility index (Phi) is 7.14. The molecule has 35 heavy (non-hydrogen) atoms. The minimum atomic E-state index is -0.935. The van der Waals surface area contributed by atoms with Crippen LogP contribution in [-0.2, 0) is 6.54 Å². The first kappa shape index (κ1) is 24.0. The van der Waals surface area contributed by atoms with Crippen molar-refractivity contribution in [2.45, 2.75) is 19.8 Å². The highest BCUT2D eigenvalue weighted by molar-refractivity contribution is 6.30. The molecule has 0 saturated carbocycles. The Morgan fingerprint density at radius 1 is 1.06 bits per heavy atom. The Bertz CT molecular complexity index is 1220. The number of urea groups is 2. The van der Waals surface area contributed by atoms with Gasteiger partial charge >= 0.3 is 12.1 Å². The number of benzene rings is 2. The first-order chi connectivity index (χ1) is 16.9. The van der Waals surface area contributed by atoms with Gasteiger partial charge in [0.05, 0.1) is 6.54 Å². The van der Waals surface area contributed by atoms with Crippen LogP contribution in [0, 0.1) is 0 Å². The molecule has 0 spiro atoms. The van der Waals surface area contributed by atoms with Crippen LogP contribution in [-0.4, -0.2) is 51.0 Å². The molecule has 1 fully saturated rings. The Morgan fingerprint density at radius 2 is 1.77 bits per heavy atom. The van der Waals surface area contributed by atoms with E-state index in [2.05, 4.69) is 10.3 Å². The van der Waals surface area contributed by atoms with E-state index in [1.54, 1.807) is 49.4 Å². The zero-order valence-electron chi connectivity index (χ0n) is 18.8. The van der Waals surface area contributed by atoms with Crippen LogP contribution in [0.15, 0.2) is 66.9 Å². The minimum Gasteiger partial charge on any atom is -0.457 e. The quantitative estimate of drug-likeness (QED) is 0.272. The molecule has 2 aromatic carbocycles. The molecule has 1 aliphatic heterocycles. The number of imide groups is 1. The molecular weight excluding hydrogens is 472 g/mol. The number of hydrogen-bond acceptors (Lipinski definition) is 7. The summed E-state index contributed by atoms with van der Waals surface area (Å²) in [6.07, 6.45) is 1.19. The fraction of sp³-hybridized carbons (Fsp3) is 0.167. The molecule has 0 aliphatic carbocycles. The number of aldehydes is 1. The monoisotopic (exact) mass is 494 g/mol. The van der Waals surface area contributed by atoms with Crippen LogP contribution in [0.4, 0.5) is 15.3 Å². The van der Waals surface area contributed by atoms with Gasteiger partial charge in [-0.15, -0.1) is 0 Å². The molecule has 0 radical (unpaired) electrons. The van der Waals surface area contributed by atoms with E-state index >= 15 is 0 Å². The third kappa shape index (κ3) is 5.34. The van der Waals surface area contributed by atoms with Crippen LogP contribution >= 0.6 is 11.6 Å². The zero-order valence-corrected chi connectivity index (χ0v) is 19.6. The number of hydrogen-bond donors (Lipinski definition) is 2. The van der Waals surface area contributed by atoms with Gasteiger partial charge in [0.1, 0.15) is 17.2 Å². The number of anilines is 1. The second kappa shape index (κ2) is 10.4. The van der Waals surface area contributed by atoms with E-state index in [0.29, 0.717) is 28.5 Å². The summed E-state index contributed by atoms with van der Waals surface area (Å²) in [7, 11) is 0. The molecule has 3 N–H and O–H groups in total. The van der Waals surface area contributed by atoms with Gasteiger partial charge in [-0.25, -0.2) is 25.3 Å². The van der Waals surface area contributed by atoms with Crippen LogP contribution in [0.5, 0.6) is 11.5 Å². The third-order valence-electron chi connectivity index (χ3n) is 5.33. The predicted molar refractivity (Wildman–Crippen MR) is 130 cm³/mol. The lowest BCUT2D eigenvalue weighted by molar-refractivity contribution is 0.0390. The van der Waals surface area contributed by atoms with Crippen molar-refractivity contribution >= 4 is 35.6 Å². The second-order valence-electron chi connectivity index (χ2n) is 7.65. The van der Waals surface area contributed by atoms with E-state index in [1.807, 2.05) is 12.1 Å². The number of ether oxygens (including phenoxy) is 1. The number of hydrazine groups is 1. The van der Waals surface area contributed by atoms with Gasteiger partial charge in [-0.2, -0.15) is 0 Å². The molecule has 1 aliphatic rings. The lowest BCUT2D eigenvalue weighted by Crippen LogP contribution is -2.70. The van der Waals surface area contributed by atoms with Gasteiger partial charge in [0.15, 0.2) is 6.29 Å². The molecule has 180 valence electrons. The number of nitrogens with two attached hydrogens (primary N) is 1. The average molecular weight is 495 g/mol. The third-order valence-corrected chi connectivity index (χ3v) is 5.58. The van der Waals surface area contributed by atoms with Crippen molar-refractivity contribution in [1.82, 2.24) is 19.8 Å². The van der Waals surface area contributed by atoms with Gasteiger partial charge in [-0.05, 0) is 55.0 Å². The zero-order chi connectivity index (χ0) is 24.9. The van der Waals surface area contributed by atoms with Gasteiger partial charge in [0.2, 0.25) is 6.29 Å². The summed E-state index contributed by atoms with van der Waals surface area (Å²) < 4.78 is 5.76. The number of halogens is 1. The fourth-order valence-corrected chi connectivity index (χ4v) is 3.68. The van der Waals surface area contributed by atoms with Crippen LogP contribution in [0.1, 0.15) is 23.0 Å². The summed E-state index contributed by atoms with van der Waals surface area (Å²) in [5, 5.41) is 4.72. The van der Waals surface area contributed by atoms with E-state index in [9.17, 15) is 14.4 Å². The van der Waals surface area contributed by atoms with Crippen LogP contribution < -0.4 is 15.9 Å². The SMILES string of the molecule is CCN1C(=O)N(N)C(Nc2ccc(Oc3ccnc(C=O)c3)cc2)N(Cc2ccc(Cl)cc2)C1=O. The van der Waals surface area contributed by atoms with E-state index in [1.165, 1.54) is 17.2 Å². The van der Waals surface area contributed by atoms with Crippen molar-refractivity contribution in [2.75, 3.05) is 11.9 Å². The molecule has 0 bridgehead atoms. The van der Waals surface area contributed by atoms with Crippen molar-refractivity contribution < 1.29 is 19.1 Å². The molecule has 1 atom stereocenters. The summed E-state index contributed by atoms with van der Waals surface area (Å²) >= 11 is 5.98. The molecule has 3 aromatic rings. The molecule has 2 heterocycles. The fourth-order valence-electron chi connectivity index (χ4n) is 3.55. The van der Waals surface area contributed by atoms with E-state index in [0.717, 1.165) is 15.5 Å². The maximum absolute atomic E-state index is 13.1. The molecule has 4 amide bonds. The lowest BCUT2D eigenvalue weighted by Gasteiger charge is -2.45. The summed E-state index contributed by atoms with van der Waals surface area (Å²) in [5.74, 6) is 7.12. The van der Waals surface area contributed by atoms with E-state index in [-0.39, 0.29) is 18.8 Å². The van der Waals surface area contributed by atoms with Crippen LogP contribution in [0.2, 0.25) is 5.02 Å². The molecule has 1 saturated heterocycles. The number of amides is 4. The number of aromatic nitrogens is 1. The Balaban J connectivity index is 1.54. The molecule has 1 aromatic heterocycles. The second-order valence-corrected chi connectivity index (χ2v) is 8.09. The molecule has 1 unspecified atom stereocenters. The Morgan fingerprint density at radius 3 is 2.43 bits per heavy atom. The first-order valence-electron chi connectivity index (χ1n) is 10.8. The van der Waals surface area contributed by atoms with Gasteiger partial charge in [0.25, 0.3) is 0 Å². The highest BCUT2D eigenvalue weighted by atomic mass is 35.5. The lowest BCUT2D eigenvalue weighted by atomic mass is 10.2. The van der Waals surface area contributed by atoms with Crippen LogP contribution in [0.25, 0.3) is 0 Å². The maximum atomic E-state index is 13.1. The first-order valence-corrected chi connectivity index (χ1v) is 11.1. The molecule has 10 nitrogen and oxygen atoms in total. The normalized spacial score (nSPS) is 15.9. The largest absolute Gasteiger partial charge is 0.457 e. The summed E-state index contributed by atoms with van der Waals surface area (Å²) in [6, 6.07) is 16.0. The molecule has 11 heteroatoms. The summed E-state index contributed by atoms with van der Waals surface area (Å²) in [5.41, 5.74) is 1.69. The standard InChI is InChI=1S/C24H23ClN6O4/c1-2-29-23(33)30(14-16-3-5-17(25)6-4-16)22(31(26)24(29)34)28-18-7-9-20(10-8-18)35-21-11-12-27-19(13-21)15-32/h3-13,15,22,28H,2,14,26H2,1H3. The average Bonchev–Trinajstić information content (AvgIpc) is 2.87. The highest BCUT2D eigenvalue weighted by Crippen LogP contribution is 2.26. The van der Waals surface area contributed by atoms with E-state index in [4.69, 9.17) is 22.2 Å². The Labute approximate surface area is 206 Å². The topological polar surface area (TPSA) is 121 Å². The molecule has 4 rings (SSSR count). The highest BCUT2D eigenvalue weighted by Gasteiger charge is 2.42. The van der Waals surface area contributed by atoms with E-state index < -0.39 is 18.4 Å². The summed E-state index contributed by atoms with van der Waals surface area (Å²) in [4.78, 5) is 43.2. The maximum Gasteiger partial charge on any atom is 0.345 e. The molecular formula is C24H23ClN6O4. The number of rotatable bonds is 8. The van der Waals surface area contributed by atoms with Crippen molar-refractivity contribution in [3.63, 3.8) is 0 Å². The van der Waals surface area contributed by atoms with Gasteiger partial charge < -0.3 is 10.1 Å². The van der Waals surface area contributed by atoms with Crippen molar-refractivity contribution in [3.8, 4) is 11.5 Å². The minimum absolute atomic E-state index is 0.183. The van der Waals surface area contributed by atoms with Crippen LogP contribution in [0.3, 0.4) is 0 Å². The smallest absolute Gasteiger partial charge is 0.345 e. The number of pyridine rings is 1. The number of nitrogens with zero attached hydrogens (tertiary/aromatic N) is 4. The van der Waals surface area contributed by atoms with Gasteiger partial charge in [-0.3, -0.25) is 14.7 Å². The van der Waals surface area contributed by atoms with Gasteiger partial charge in [0, 0.05) is 29.5 Å². The number of carbonyl (C=O) groups is 3. The summed E-state index contributed by atoms with van der Waals surface area (Å²) in [6.45, 7) is 2.09. The number of nitrogens with one attached hydrogen (secondary N) is 1. The van der Waals surface area contributed by atoms with Crippen molar-refractivity contribution in [2.24, 2.45) is 5.84 Å². The predicted octanol–water partition coefficient (Wildman–Crippen LogP) is 4.29. The number of carbonyl (C=O) groups excluding carboxylic acids is 3. The Hall–Kier alpha value is -4.15.